The van der Waals surface area contributed by atoms with Crippen molar-refractivity contribution in [2.45, 2.75) is 32.9 Å². The molecule has 0 atom stereocenters. The van der Waals surface area contributed by atoms with Crippen molar-refractivity contribution >= 4 is 23.5 Å². The maximum atomic E-state index is 12.6. The lowest BCUT2D eigenvalue weighted by Gasteiger charge is -2.09. The number of thioether (sulfide) groups is 1. The summed E-state index contributed by atoms with van der Waals surface area (Å²) in [5.41, 5.74) is 4.58. The van der Waals surface area contributed by atoms with Crippen molar-refractivity contribution in [3.05, 3.63) is 59.0 Å². The second-order valence-electron chi connectivity index (χ2n) is 7.25. The van der Waals surface area contributed by atoms with Gasteiger partial charge in [0.05, 0.1) is 22.8 Å². The van der Waals surface area contributed by atoms with Crippen molar-refractivity contribution in [1.82, 2.24) is 34.4 Å². The zero-order chi connectivity index (χ0) is 22.1. The van der Waals surface area contributed by atoms with Gasteiger partial charge in [-0.3, -0.25) is 4.79 Å². The number of anilines is 1. The predicted octanol–water partition coefficient (Wildman–Crippen LogP) is 2.33. The van der Waals surface area contributed by atoms with E-state index in [4.69, 9.17) is 5.84 Å². The number of amides is 1. The number of nitrogens with zero attached hydrogens (tertiary/aromatic N) is 7. The summed E-state index contributed by atoms with van der Waals surface area (Å²) < 4.78 is 4.66. The maximum absolute atomic E-state index is 12.6. The van der Waals surface area contributed by atoms with Crippen LogP contribution in [0.4, 0.5) is 5.82 Å². The summed E-state index contributed by atoms with van der Waals surface area (Å²) in [4.78, 5) is 12.6. The highest BCUT2D eigenvalue weighted by Crippen LogP contribution is 2.20. The standard InChI is InChI=1S/C20H23N9OS/c1-12-5-7-16(8-6-12)29-17(10-14(3)26-29)22-18(30)11-31-20-24-23-19(27(20)21)28-15(4)9-13(2)25-28/h5-10H,11,21H2,1-4H3,(H,22,30). The molecule has 3 aromatic heterocycles. The van der Waals surface area contributed by atoms with Crippen LogP contribution in [0.15, 0.2) is 41.6 Å². The number of aromatic nitrogens is 7. The molecular formula is C20H23N9OS. The monoisotopic (exact) mass is 437 g/mol. The Morgan fingerprint density at radius 1 is 1.00 bits per heavy atom. The molecule has 0 aliphatic heterocycles. The van der Waals surface area contributed by atoms with Gasteiger partial charge in [0.25, 0.3) is 5.95 Å². The molecule has 0 bridgehead atoms. The third-order valence-electron chi connectivity index (χ3n) is 4.56. The van der Waals surface area contributed by atoms with E-state index in [0.29, 0.717) is 16.9 Å². The zero-order valence-corrected chi connectivity index (χ0v) is 18.5. The summed E-state index contributed by atoms with van der Waals surface area (Å²) in [6.07, 6.45) is 0. The molecule has 10 nitrogen and oxygen atoms in total. The molecule has 4 rings (SSSR count). The Labute approximate surface area is 183 Å². The number of aryl methyl sites for hydroxylation is 4. The molecule has 1 aromatic carbocycles. The van der Waals surface area contributed by atoms with Gasteiger partial charge in [0.15, 0.2) is 0 Å². The van der Waals surface area contributed by atoms with E-state index in [2.05, 4.69) is 25.7 Å². The molecule has 0 fully saturated rings. The second-order valence-corrected chi connectivity index (χ2v) is 8.19. The van der Waals surface area contributed by atoms with E-state index < -0.39 is 0 Å². The molecule has 0 unspecified atom stereocenters. The second kappa shape index (κ2) is 8.26. The number of rotatable bonds is 6. The van der Waals surface area contributed by atoms with Crippen LogP contribution in [-0.4, -0.2) is 46.1 Å². The SMILES string of the molecule is Cc1ccc(-n2nc(C)cc2NC(=O)CSc2nnc(-n3nc(C)cc3C)n2N)cc1. The van der Waals surface area contributed by atoms with Crippen LogP contribution in [0.2, 0.25) is 0 Å². The Kier molecular flexibility index (Phi) is 5.51. The van der Waals surface area contributed by atoms with Crippen molar-refractivity contribution in [2.75, 3.05) is 16.9 Å². The molecule has 0 aliphatic rings. The van der Waals surface area contributed by atoms with Crippen LogP contribution in [0, 0.1) is 27.7 Å². The van der Waals surface area contributed by atoms with E-state index in [9.17, 15) is 4.79 Å². The molecule has 0 saturated heterocycles. The largest absolute Gasteiger partial charge is 0.334 e. The molecule has 0 aliphatic carbocycles. The molecule has 4 aromatic rings. The first-order valence-corrected chi connectivity index (χ1v) is 10.6. The number of nitrogen functional groups attached to an aromatic ring is 1. The minimum absolute atomic E-state index is 0.116. The Bertz CT molecular complexity index is 1240. The van der Waals surface area contributed by atoms with E-state index in [1.807, 2.05) is 64.1 Å². The summed E-state index contributed by atoms with van der Waals surface area (Å²) in [7, 11) is 0. The van der Waals surface area contributed by atoms with E-state index >= 15 is 0 Å². The quantitative estimate of drug-likeness (QED) is 0.351. The molecule has 31 heavy (non-hydrogen) atoms. The zero-order valence-electron chi connectivity index (χ0n) is 17.7. The fourth-order valence-electron chi connectivity index (χ4n) is 3.12. The van der Waals surface area contributed by atoms with Crippen LogP contribution in [0.3, 0.4) is 0 Å². The van der Waals surface area contributed by atoms with E-state index in [-0.39, 0.29) is 11.7 Å². The fourth-order valence-corrected chi connectivity index (χ4v) is 3.78. The molecule has 1 amide bonds. The van der Waals surface area contributed by atoms with Crippen molar-refractivity contribution in [3.8, 4) is 11.6 Å². The highest BCUT2D eigenvalue weighted by atomic mass is 32.2. The Hall–Kier alpha value is -3.60. The summed E-state index contributed by atoms with van der Waals surface area (Å²) >= 11 is 1.19. The highest BCUT2D eigenvalue weighted by Gasteiger charge is 2.17. The Balaban J connectivity index is 1.45. The molecule has 0 saturated carbocycles. The first-order chi connectivity index (χ1) is 14.8. The van der Waals surface area contributed by atoms with Gasteiger partial charge in [0, 0.05) is 11.8 Å². The molecule has 160 valence electrons. The summed E-state index contributed by atoms with van der Waals surface area (Å²) in [5, 5.41) is 20.4. The van der Waals surface area contributed by atoms with Gasteiger partial charge in [-0.2, -0.15) is 10.2 Å². The number of carbonyl (C=O) groups is 1. The topological polar surface area (TPSA) is 121 Å². The average molecular weight is 438 g/mol. The summed E-state index contributed by atoms with van der Waals surface area (Å²) in [6.45, 7) is 7.71. The van der Waals surface area contributed by atoms with Crippen LogP contribution < -0.4 is 11.2 Å². The molecule has 3 N–H and O–H groups in total. The van der Waals surface area contributed by atoms with E-state index in [1.165, 1.54) is 16.4 Å². The molecule has 11 heteroatoms. The Morgan fingerprint density at radius 3 is 2.35 bits per heavy atom. The lowest BCUT2D eigenvalue weighted by Crippen LogP contribution is -2.19. The number of hydrogen-bond acceptors (Lipinski definition) is 7. The van der Waals surface area contributed by atoms with Crippen LogP contribution in [0.25, 0.3) is 11.6 Å². The average Bonchev–Trinajstić information content (AvgIpc) is 3.37. The van der Waals surface area contributed by atoms with E-state index in [0.717, 1.165) is 28.3 Å². The summed E-state index contributed by atoms with van der Waals surface area (Å²) in [5.74, 6) is 7.04. The molecule has 0 radical (unpaired) electrons. The lowest BCUT2D eigenvalue weighted by molar-refractivity contribution is -0.113. The van der Waals surface area contributed by atoms with E-state index in [1.54, 1.807) is 9.36 Å². The maximum Gasteiger partial charge on any atom is 0.271 e. The predicted molar refractivity (Wildman–Crippen MR) is 119 cm³/mol. The Morgan fingerprint density at radius 2 is 1.68 bits per heavy atom. The van der Waals surface area contributed by atoms with Gasteiger partial charge in [0.2, 0.25) is 11.1 Å². The van der Waals surface area contributed by atoms with Gasteiger partial charge in [-0.25, -0.2) is 14.0 Å². The van der Waals surface area contributed by atoms with Crippen LogP contribution >= 0.6 is 11.8 Å². The first-order valence-electron chi connectivity index (χ1n) is 9.62. The van der Waals surface area contributed by atoms with Gasteiger partial charge in [-0.05, 0) is 45.9 Å². The van der Waals surface area contributed by atoms with Gasteiger partial charge >= 0.3 is 0 Å². The van der Waals surface area contributed by atoms with Crippen molar-refractivity contribution in [2.24, 2.45) is 0 Å². The smallest absolute Gasteiger partial charge is 0.271 e. The first kappa shape index (κ1) is 20.7. The molecule has 0 spiro atoms. The van der Waals surface area contributed by atoms with Crippen molar-refractivity contribution < 1.29 is 4.79 Å². The van der Waals surface area contributed by atoms with Crippen LogP contribution in [0.5, 0.6) is 0 Å². The van der Waals surface area contributed by atoms with Gasteiger partial charge in [-0.1, -0.05) is 29.5 Å². The highest BCUT2D eigenvalue weighted by molar-refractivity contribution is 7.99. The lowest BCUT2D eigenvalue weighted by atomic mass is 10.2. The number of carbonyl (C=O) groups excluding carboxylic acids is 1. The van der Waals surface area contributed by atoms with Crippen molar-refractivity contribution in [1.29, 1.82) is 0 Å². The minimum atomic E-state index is -0.200. The van der Waals surface area contributed by atoms with Crippen molar-refractivity contribution in [3.63, 3.8) is 0 Å². The minimum Gasteiger partial charge on any atom is -0.334 e. The number of nitrogens with two attached hydrogens (primary N) is 1. The third kappa shape index (κ3) is 4.31. The van der Waals surface area contributed by atoms with Gasteiger partial charge < -0.3 is 11.2 Å². The third-order valence-corrected chi connectivity index (χ3v) is 5.50. The fraction of sp³-hybridized carbons (Fsp3) is 0.250. The normalized spacial score (nSPS) is 11.1. The van der Waals surface area contributed by atoms with Gasteiger partial charge in [-0.15, -0.1) is 10.2 Å². The number of benzene rings is 1. The number of hydrogen-bond donors (Lipinski definition) is 2. The molecule has 3 heterocycles. The summed E-state index contributed by atoms with van der Waals surface area (Å²) in [6, 6.07) is 11.7. The van der Waals surface area contributed by atoms with Gasteiger partial charge in [0.1, 0.15) is 5.82 Å². The van der Waals surface area contributed by atoms with Crippen LogP contribution in [0.1, 0.15) is 22.6 Å². The number of nitrogens with one attached hydrogen (secondary N) is 1. The van der Waals surface area contributed by atoms with Crippen LogP contribution in [-0.2, 0) is 4.79 Å². The molecular weight excluding hydrogens is 414 g/mol.